The lowest BCUT2D eigenvalue weighted by molar-refractivity contribution is 0.470. The van der Waals surface area contributed by atoms with Crippen LogP contribution in [0.15, 0.2) is 15.6 Å². The van der Waals surface area contributed by atoms with Crippen molar-refractivity contribution in [2.75, 3.05) is 5.75 Å². The van der Waals surface area contributed by atoms with Gasteiger partial charge >= 0.3 is 0 Å². The predicted octanol–water partition coefficient (Wildman–Crippen LogP) is 2.20. The van der Waals surface area contributed by atoms with Crippen molar-refractivity contribution < 1.29 is 4.42 Å². The smallest absolute Gasteiger partial charge is 0.216 e. The van der Waals surface area contributed by atoms with Crippen LogP contribution < -0.4 is 5.32 Å². The number of hydrogen-bond acceptors (Lipinski definition) is 4. The Balaban J connectivity index is 1.93. The van der Waals surface area contributed by atoms with E-state index in [9.17, 15) is 0 Å². The second-order valence-corrected chi connectivity index (χ2v) is 5.22. The second-order valence-electron chi connectivity index (χ2n) is 4.21. The van der Waals surface area contributed by atoms with Crippen molar-refractivity contribution in [2.45, 2.75) is 33.4 Å². The molecule has 88 valence electrons. The summed E-state index contributed by atoms with van der Waals surface area (Å²) in [5.41, 5.74) is 0. The summed E-state index contributed by atoms with van der Waals surface area (Å²) in [5.74, 6) is 3.32. The molecular formula is C11H17N3OS. The molecule has 0 spiro atoms. The van der Waals surface area contributed by atoms with Crippen LogP contribution in [0.4, 0.5) is 0 Å². The Bertz CT molecular complexity index is 388. The van der Waals surface area contributed by atoms with Gasteiger partial charge in [0, 0.05) is 11.8 Å². The first-order chi connectivity index (χ1) is 7.65. The fraction of sp³-hybridized carbons (Fsp3) is 0.636. The SMILES string of the molecule is Cc1cnc(CN=C2NC(C)C(C)CS2)o1. The molecule has 2 unspecified atom stereocenters. The fourth-order valence-corrected chi connectivity index (χ4v) is 2.57. The van der Waals surface area contributed by atoms with Gasteiger partial charge in [0.15, 0.2) is 5.17 Å². The fourth-order valence-electron chi connectivity index (χ4n) is 1.44. The molecule has 1 aliphatic heterocycles. The molecule has 1 saturated heterocycles. The van der Waals surface area contributed by atoms with E-state index in [1.807, 2.05) is 6.92 Å². The summed E-state index contributed by atoms with van der Waals surface area (Å²) in [6.07, 6.45) is 1.72. The summed E-state index contributed by atoms with van der Waals surface area (Å²) in [7, 11) is 0. The van der Waals surface area contributed by atoms with Crippen LogP contribution >= 0.6 is 11.8 Å². The van der Waals surface area contributed by atoms with Crippen molar-refractivity contribution >= 4 is 16.9 Å². The number of hydrogen-bond donors (Lipinski definition) is 1. The molecule has 1 aromatic heterocycles. The van der Waals surface area contributed by atoms with Gasteiger partial charge in [-0.1, -0.05) is 18.7 Å². The third-order valence-electron chi connectivity index (χ3n) is 2.71. The molecule has 1 N–H and O–H groups in total. The molecule has 0 bridgehead atoms. The van der Waals surface area contributed by atoms with Gasteiger partial charge in [-0.25, -0.2) is 4.98 Å². The van der Waals surface area contributed by atoms with Crippen molar-refractivity contribution in [2.24, 2.45) is 10.9 Å². The first kappa shape index (κ1) is 11.5. The summed E-state index contributed by atoms with van der Waals surface area (Å²) in [5, 5.41) is 4.39. The molecule has 0 radical (unpaired) electrons. The number of aryl methyl sites for hydroxylation is 1. The molecule has 0 aliphatic carbocycles. The van der Waals surface area contributed by atoms with Gasteiger partial charge in [0.2, 0.25) is 5.89 Å². The number of thioether (sulfide) groups is 1. The van der Waals surface area contributed by atoms with Crippen molar-refractivity contribution in [3.05, 3.63) is 17.8 Å². The molecule has 1 aromatic rings. The van der Waals surface area contributed by atoms with E-state index >= 15 is 0 Å². The summed E-state index contributed by atoms with van der Waals surface area (Å²) >= 11 is 1.77. The Morgan fingerprint density at radius 2 is 2.44 bits per heavy atom. The van der Waals surface area contributed by atoms with Gasteiger partial charge in [-0.2, -0.15) is 0 Å². The maximum Gasteiger partial charge on any atom is 0.216 e. The molecular weight excluding hydrogens is 222 g/mol. The van der Waals surface area contributed by atoms with Crippen molar-refractivity contribution in [1.29, 1.82) is 0 Å². The standard InChI is InChI=1S/C11H17N3OS/c1-7-6-16-11(14-9(7)3)13-5-10-12-4-8(2)15-10/h4,7,9H,5-6H2,1-3H3,(H,13,14). The zero-order valence-electron chi connectivity index (χ0n) is 9.86. The van der Waals surface area contributed by atoms with Crippen molar-refractivity contribution in [3.63, 3.8) is 0 Å². The lowest BCUT2D eigenvalue weighted by Gasteiger charge is -2.28. The highest BCUT2D eigenvalue weighted by atomic mass is 32.2. The van der Waals surface area contributed by atoms with E-state index in [1.54, 1.807) is 18.0 Å². The minimum Gasteiger partial charge on any atom is -0.444 e. The van der Waals surface area contributed by atoms with Crippen LogP contribution in [0.1, 0.15) is 25.5 Å². The van der Waals surface area contributed by atoms with Crippen LogP contribution in [0.25, 0.3) is 0 Å². The summed E-state index contributed by atoms with van der Waals surface area (Å²) in [6, 6.07) is 0.492. The van der Waals surface area contributed by atoms with E-state index in [2.05, 4.69) is 29.1 Å². The van der Waals surface area contributed by atoms with Gasteiger partial charge in [-0.05, 0) is 19.8 Å². The zero-order valence-corrected chi connectivity index (χ0v) is 10.7. The quantitative estimate of drug-likeness (QED) is 0.859. The predicted molar refractivity (Wildman–Crippen MR) is 66.6 cm³/mol. The third-order valence-corrected chi connectivity index (χ3v) is 3.93. The number of rotatable bonds is 2. The minimum absolute atomic E-state index is 0.492. The molecule has 0 saturated carbocycles. The maximum absolute atomic E-state index is 5.37. The monoisotopic (exact) mass is 239 g/mol. The largest absolute Gasteiger partial charge is 0.444 e. The highest BCUT2D eigenvalue weighted by Gasteiger charge is 2.20. The molecule has 2 heterocycles. The van der Waals surface area contributed by atoms with Gasteiger partial charge in [-0.3, -0.25) is 4.99 Å². The molecule has 1 fully saturated rings. The van der Waals surface area contributed by atoms with Crippen LogP contribution in [0.5, 0.6) is 0 Å². The van der Waals surface area contributed by atoms with E-state index in [-0.39, 0.29) is 0 Å². The summed E-state index contributed by atoms with van der Waals surface area (Å²) in [6.45, 7) is 6.85. The molecule has 5 heteroatoms. The number of nitrogens with zero attached hydrogens (tertiary/aromatic N) is 2. The molecule has 16 heavy (non-hydrogen) atoms. The van der Waals surface area contributed by atoms with Crippen molar-refractivity contribution in [1.82, 2.24) is 10.3 Å². The molecule has 0 aromatic carbocycles. The highest BCUT2D eigenvalue weighted by molar-refractivity contribution is 8.13. The number of amidine groups is 1. The van der Waals surface area contributed by atoms with Gasteiger partial charge in [0.25, 0.3) is 0 Å². The van der Waals surface area contributed by atoms with E-state index in [4.69, 9.17) is 4.42 Å². The average molecular weight is 239 g/mol. The summed E-state index contributed by atoms with van der Waals surface area (Å²) in [4.78, 5) is 8.59. The van der Waals surface area contributed by atoms with E-state index in [1.165, 1.54) is 0 Å². The Morgan fingerprint density at radius 3 is 3.06 bits per heavy atom. The topological polar surface area (TPSA) is 50.4 Å². The Labute approximate surface area is 99.9 Å². The zero-order chi connectivity index (χ0) is 11.5. The first-order valence-electron chi connectivity index (χ1n) is 5.50. The first-order valence-corrected chi connectivity index (χ1v) is 6.49. The lowest BCUT2D eigenvalue weighted by Crippen LogP contribution is -2.41. The Morgan fingerprint density at radius 1 is 1.62 bits per heavy atom. The molecule has 0 amide bonds. The minimum atomic E-state index is 0.492. The Hall–Kier alpha value is -0.970. The van der Waals surface area contributed by atoms with Gasteiger partial charge in [0.1, 0.15) is 12.3 Å². The average Bonchev–Trinajstić information content (AvgIpc) is 2.66. The third kappa shape index (κ3) is 2.78. The van der Waals surface area contributed by atoms with E-state index in [0.29, 0.717) is 24.4 Å². The molecule has 2 atom stereocenters. The van der Waals surface area contributed by atoms with Crippen LogP contribution in [-0.4, -0.2) is 21.9 Å². The van der Waals surface area contributed by atoms with Gasteiger partial charge in [0.05, 0.1) is 6.20 Å². The molecule has 2 rings (SSSR count). The van der Waals surface area contributed by atoms with Crippen LogP contribution in [-0.2, 0) is 6.54 Å². The van der Waals surface area contributed by atoms with Crippen LogP contribution in [0.2, 0.25) is 0 Å². The lowest BCUT2D eigenvalue weighted by atomic mass is 10.1. The number of aromatic nitrogens is 1. The van der Waals surface area contributed by atoms with E-state index in [0.717, 1.165) is 16.7 Å². The molecule has 1 aliphatic rings. The Kier molecular flexibility index (Phi) is 3.53. The maximum atomic E-state index is 5.37. The number of nitrogens with one attached hydrogen (secondary N) is 1. The van der Waals surface area contributed by atoms with Gasteiger partial charge in [-0.15, -0.1) is 0 Å². The number of oxazole rings is 1. The van der Waals surface area contributed by atoms with Gasteiger partial charge < -0.3 is 9.73 Å². The van der Waals surface area contributed by atoms with Crippen LogP contribution in [0.3, 0.4) is 0 Å². The second kappa shape index (κ2) is 4.91. The normalized spacial score (nSPS) is 28.1. The summed E-state index contributed by atoms with van der Waals surface area (Å²) < 4.78 is 5.37. The number of aliphatic imine (C=N–C) groups is 1. The highest BCUT2D eigenvalue weighted by Crippen LogP contribution is 2.19. The molecule has 4 nitrogen and oxygen atoms in total. The van der Waals surface area contributed by atoms with E-state index < -0.39 is 0 Å². The van der Waals surface area contributed by atoms with Crippen molar-refractivity contribution in [3.8, 4) is 0 Å². The van der Waals surface area contributed by atoms with Crippen LogP contribution in [0, 0.1) is 12.8 Å².